The third-order valence-electron chi connectivity index (χ3n) is 2.36. The molecule has 0 aliphatic carbocycles. The number of carbonyl (C=O) groups excluding carboxylic acids is 1. The average molecular weight is 266 g/mol. The number of halogens is 1. The zero-order chi connectivity index (χ0) is 13.1. The van der Waals surface area contributed by atoms with E-state index in [1.54, 1.807) is 18.2 Å². The molecule has 0 atom stereocenters. The summed E-state index contributed by atoms with van der Waals surface area (Å²) in [6, 6.07) is 7.38. The molecule has 2 rings (SSSR count). The van der Waals surface area contributed by atoms with Gasteiger partial charge < -0.3 is 4.74 Å². The largest absolute Gasteiger partial charge is 0.464 e. The van der Waals surface area contributed by atoms with Crippen LogP contribution < -0.4 is 0 Å². The van der Waals surface area contributed by atoms with Crippen molar-refractivity contribution < 1.29 is 13.9 Å². The summed E-state index contributed by atoms with van der Waals surface area (Å²) < 4.78 is 19.0. The van der Waals surface area contributed by atoms with Gasteiger partial charge in [0.25, 0.3) is 0 Å². The Morgan fingerprint density at radius 2 is 2.06 bits per heavy atom. The van der Waals surface area contributed by atoms with Crippen molar-refractivity contribution >= 4 is 17.7 Å². The summed E-state index contributed by atoms with van der Waals surface area (Å²) >= 11 is 1.42. The molecule has 0 fully saturated rings. The van der Waals surface area contributed by atoms with Crippen molar-refractivity contribution in [3.63, 3.8) is 0 Å². The number of aromatic nitrogens is 2. The molecule has 0 spiro atoms. The molecule has 0 saturated heterocycles. The summed E-state index contributed by atoms with van der Waals surface area (Å²) in [5, 5.41) is 4.95. The monoisotopic (exact) mass is 266 g/mol. The van der Waals surface area contributed by atoms with Gasteiger partial charge in [-0.2, -0.15) is 5.10 Å². The van der Waals surface area contributed by atoms with Crippen molar-refractivity contribution in [3.05, 3.63) is 41.8 Å². The second-order valence-electron chi connectivity index (χ2n) is 3.45. The van der Waals surface area contributed by atoms with Crippen molar-refractivity contribution in [1.82, 2.24) is 9.78 Å². The number of methoxy groups -OCH3 is 1. The molecule has 0 aliphatic heterocycles. The summed E-state index contributed by atoms with van der Waals surface area (Å²) in [6.07, 6.45) is 1.86. The SMILES string of the molecule is COC(=O)c1cc(SC)nn1-c1ccc(F)cc1. The Labute approximate surface area is 108 Å². The highest BCUT2D eigenvalue weighted by atomic mass is 32.2. The van der Waals surface area contributed by atoms with Gasteiger partial charge in [-0.25, -0.2) is 13.9 Å². The summed E-state index contributed by atoms with van der Waals surface area (Å²) in [7, 11) is 1.31. The Balaban J connectivity index is 2.51. The van der Waals surface area contributed by atoms with E-state index in [-0.39, 0.29) is 5.82 Å². The lowest BCUT2D eigenvalue weighted by Gasteiger charge is -2.05. The van der Waals surface area contributed by atoms with Crippen molar-refractivity contribution in [3.8, 4) is 5.69 Å². The maximum Gasteiger partial charge on any atom is 0.356 e. The molecular formula is C12H11FN2O2S. The molecule has 0 aliphatic rings. The maximum atomic E-state index is 12.9. The van der Waals surface area contributed by atoms with E-state index in [1.165, 1.54) is 35.7 Å². The van der Waals surface area contributed by atoms with Crippen molar-refractivity contribution in [2.75, 3.05) is 13.4 Å². The minimum Gasteiger partial charge on any atom is -0.464 e. The molecule has 1 aromatic heterocycles. The number of carbonyl (C=O) groups is 1. The van der Waals surface area contributed by atoms with Crippen LogP contribution in [0.2, 0.25) is 0 Å². The van der Waals surface area contributed by atoms with E-state index >= 15 is 0 Å². The highest BCUT2D eigenvalue weighted by Gasteiger charge is 2.16. The van der Waals surface area contributed by atoms with Crippen LogP contribution in [0.4, 0.5) is 4.39 Å². The molecular weight excluding hydrogens is 255 g/mol. The second-order valence-corrected chi connectivity index (χ2v) is 4.28. The van der Waals surface area contributed by atoms with Gasteiger partial charge in [-0.1, -0.05) is 0 Å². The van der Waals surface area contributed by atoms with Crippen molar-refractivity contribution in [2.24, 2.45) is 0 Å². The van der Waals surface area contributed by atoms with Crippen LogP contribution in [0.25, 0.3) is 5.69 Å². The lowest BCUT2D eigenvalue weighted by molar-refractivity contribution is 0.0590. The van der Waals surface area contributed by atoms with Crippen LogP contribution in [0.15, 0.2) is 35.4 Å². The van der Waals surface area contributed by atoms with Gasteiger partial charge in [-0.3, -0.25) is 0 Å². The Bertz CT molecular complexity index is 566. The van der Waals surface area contributed by atoms with E-state index in [1.807, 2.05) is 6.26 Å². The molecule has 0 unspecified atom stereocenters. The van der Waals surface area contributed by atoms with E-state index in [0.29, 0.717) is 16.4 Å². The van der Waals surface area contributed by atoms with Crippen molar-refractivity contribution in [2.45, 2.75) is 5.03 Å². The smallest absolute Gasteiger partial charge is 0.356 e. The third-order valence-corrected chi connectivity index (χ3v) is 2.98. The molecule has 0 saturated carbocycles. The second kappa shape index (κ2) is 5.22. The molecule has 0 amide bonds. The van der Waals surface area contributed by atoms with E-state index < -0.39 is 5.97 Å². The Hall–Kier alpha value is -1.82. The lowest BCUT2D eigenvalue weighted by Crippen LogP contribution is -2.10. The highest BCUT2D eigenvalue weighted by molar-refractivity contribution is 7.98. The van der Waals surface area contributed by atoms with Crippen LogP contribution in [0.3, 0.4) is 0 Å². The van der Waals surface area contributed by atoms with Crippen LogP contribution in [-0.2, 0) is 4.74 Å². The predicted molar refractivity (Wildman–Crippen MR) is 66.6 cm³/mol. The predicted octanol–water partition coefficient (Wildman–Crippen LogP) is 2.52. The number of esters is 1. The number of ether oxygens (including phenoxy) is 1. The van der Waals surface area contributed by atoms with E-state index in [4.69, 9.17) is 4.74 Å². The summed E-state index contributed by atoms with van der Waals surface area (Å²) in [4.78, 5) is 11.6. The minimum atomic E-state index is -0.480. The lowest BCUT2D eigenvalue weighted by atomic mass is 10.3. The van der Waals surface area contributed by atoms with Gasteiger partial charge in [0.2, 0.25) is 0 Å². The molecule has 1 aromatic carbocycles. The standard InChI is InChI=1S/C12H11FN2O2S/c1-17-12(16)10-7-11(18-2)14-15(10)9-5-3-8(13)4-6-9/h3-7H,1-2H3. The number of nitrogens with zero attached hydrogens (tertiary/aromatic N) is 2. The quantitative estimate of drug-likeness (QED) is 0.632. The molecule has 1 heterocycles. The van der Waals surface area contributed by atoms with Gasteiger partial charge in [0, 0.05) is 6.07 Å². The van der Waals surface area contributed by atoms with Crippen LogP contribution in [0, 0.1) is 5.82 Å². The summed E-state index contributed by atoms with van der Waals surface area (Å²) in [5.41, 5.74) is 0.922. The zero-order valence-corrected chi connectivity index (χ0v) is 10.7. The molecule has 4 nitrogen and oxygen atoms in total. The van der Waals surface area contributed by atoms with Gasteiger partial charge in [-0.05, 0) is 30.5 Å². The van der Waals surface area contributed by atoms with Gasteiger partial charge in [-0.15, -0.1) is 11.8 Å². The van der Waals surface area contributed by atoms with Gasteiger partial charge in [0.15, 0.2) is 5.69 Å². The van der Waals surface area contributed by atoms with Crippen LogP contribution in [0.1, 0.15) is 10.5 Å². The Morgan fingerprint density at radius 3 is 2.61 bits per heavy atom. The normalized spacial score (nSPS) is 10.4. The molecule has 0 radical (unpaired) electrons. The fourth-order valence-electron chi connectivity index (χ4n) is 1.49. The van der Waals surface area contributed by atoms with Crippen LogP contribution in [-0.4, -0.2) is 29.1 Å². The number of rotatable bonds is 3. The molecule has 6 heteroatoms. The minimum absolute atomic E-state index is 0.313. The van der Waals surface area contributed by atoms with Gasteiger partial charge in [0.05, 0.1) is 12.8 Å². The molecule has 18 heavy (non-hydrogen) atoms. The summed E-state index contributed by atoms with van der Waals surface area (Å²) in [6.45, 7) is 0. The highest BCUT2D eigenvalue weighted by Crippen LogP contribution is 2.19. The van der Waals surface area contributed by atoms with Crippen LogP contribution in [0.5, 0.6) is 0 Å². The molecule has 0 N–H and O–H groups in total. The average Bonchev–Trinajstić information content (AvgIpc) is 2.83. The first-order chi connectivity index (χ1) is 8.65. The Kier molecular flexibility index (Phi) is 3.66. The van der Waals surface area contributed by atoms with E-state index in [2.05, 4.69) is 5.10 Å². The fourth-order valence-corrected chi connectivity index (χ4v) is 1.88. The van der Waals surface area contributed by atoms with Crippen molar-refractivity contribution in [1.29, 1.82) is 0 Å². The first kappa shape index (κ1) is 12.6. The number of hydrogen-bond donors (Lipinski definition) is 0. The number of benzene rings is 1. The number of hydrogen-bond acceptors (Lipinski definition) is 4. The zero-order valence-electron chi connectivity index (χ0n) is 9.88. The first-order valence-electron chi connectivity index (χ1n) is 5.14. The first-order valence-corrected chi connectivity index (χ1v) is 6.36. The Morgan fingerprint density at radius 1 is 1.39 bits per heavy atom. The topological polar surface area (TPSA) is 44.1 Å². The number of thioether (sulfide) groups is 1. The molecule has 0 bridgehead atoms. The van der Waals surface area contributed by atoms with E-state index in [0.717, 1.165) is 0 Å². The fraction of sp³-hybridized carbons (Fsp3) is 0.167. The van der Waals surface area contributed by atoms with Gasteiger partial charge >= 0.3 is 5.97 Å². The van der Waals surface area contributed by atoms with Crippen LogP contribution >= 0.6 is 11.8 Å². The van der Waals surface area contributed by atoms with Gasteiger partial charge in [0.1, 0.15) is 10.8 Å². The van der Waals surface area contributed by atoms with E-state index in [9.17, 15) is 9.18 Å². The molecule has 2 aromatic rings. The third kappa shape index (κ3) is 2.38. The molecule has 94 valence electrons. The maximum absolute atomic E-state index is 12.9. The summed E-state index contributed by atoms with van der Waals surface area (Å²) in [5.74, 6) is -0.817.